The van der Waals surface area contributed by atoms with Gasteiger partial charge in [0.2, 0.25) is 0 Å². The Morgan fingerprint density at radius 1 is 0.660 bits per heavy atom. The number of fused-ring (bicyclic) bond motifs is 6. The van der Waals surface area contributed by atoms with Crippen LogP contribution in [-0.4, -0.2) is 61.5 Å². The van der Waals surface area contributed by atoms with Crippen LogP contribution in [0.1, 0.15) is 5.56 Å². The number of benzene rings is 5. The maximum atomic E-state index is 6.42. The van der Waals surface area contributed by atoms with Crippen molar-refractivity contribution in [3.05, 3.63) is 107 Å². The van der Waals surface area contributed by atoms with E-state index in [1.54, 1.807) is 0 Å². The maximum absolute atomic E-state index is 6.42. The average molecular weight is 598 g/mol. The molecule has 218 valence electrons. The minimum absolute atomic E-state index is 0.691. The standard InChI is InChI=1S/C37H32B7NO2/c1-2-24(38)30(22-11-7-10-21-19-8-3-6-13-27(19)47-37(21)22)31(40)25(39)17-45-36-34(43)32(41)29(33(42)35(36)44)18-14-15-28-23(16-18)20-9-4-5-12-26(20)46-28/h1,3-16,45H,17,38-44H2/b30-24+,31-25-. The van der Waals surface area contributed by atoms with E-state index in [1.807, 2.05) is 38.2 Å². The SMILES string of the molecule is B/C(CNc1c(B)c(B)c(-c2ccc3oc4ccccc4c3c2)c(B)c1B)=C(B)/C(=C(/B)C#C)c1cccc2c1oc1ccccc12. The van der Waals surface area contributed by atoms with E-state index in [4.69, 9.17) is 15.3 Å². The van der Waals surface area contributed by atoms with Crippen molar-refractivity contribution in [1.29, 1.82) is 0 Å². The second-order valence-electron chi connectivity index (χ2n) is 12.7. The molecule has 0 unspecified atom stereocenters. The van der Waals surface area contributed by atoms with Gasteiger partial charge in [-0.25, -0.2) is 0 Å². The van der Waals surface area contributed by atoms with E-state index in [0.717, 1.165) is 66.0 Å². The van der Waals surface area contributed by atoms with Crippen molar-refractivity contribution in [3.8, 4) is 23.5 Å². The van der Waals surface area contributed by atoms with Crippen molar-refractivity contribution < 1.29 is 8.83 Å². The van der Waals surface area contributed by atoms with Gasteiger partial charge in [-0.1, -0.05) is 99.4 Å². The summed E-state index contributed by atoms with van der Waals surface area (Å²) in [5.41, 5.74) is 17.7. The number of furan rings is 2. The molecule has 0 bridgehead atoms. The van der Waals surface area contributed by atoms with Gasteiger partial charge in [0.05, 0.1) is 0 Å². The Balaban J connectivity index is 1.25. The van der Waals surface area contributed by atoms with Crippen molar-refractivity contribution in [3.63, 3.8) is 0 Å². The minimum Gasteiger partial charge on any atom is -0.456 e. The van der Waals surface area contributed by atoms with E-state index in [2.05, 4.69) is 113 Å². The molecule has 0 saturated heterocycles. The maximum Gasteiger partial charge on any atom is 0.151 e. The van der Waals surface area contributed by atoms with Crippen LogP contribution in [0.25, 0.3) is 60.6 Å². The van der Waals surface area contributed by atoms with Gasteiger partial charge in [0, 0.05) is 39.3 Å². The van der Waals surface area contributed by atoms with Gasteiger partial charge in [-0.3, -0.25) is 0 Å². The van der Waals surface area contributed by atoms with Gasteiger partial charge in [-0.15, -0.1) is 6.42 Å². The lowest BCUT2D eigenvalue weighted by Gasteiger charge is -2.24. The summed E-state index contributed by atoms with van der Waals surface area (Å²) in [6.07, 6.45) is 6.04. The molecule has 2 heterocycles. The lowest BCUT2D eigenvalue weighted by atomic mass is 9.64. The number of hydrogen-bond donors (Lipinski definition) is 1. The molecule has 1 N–H and O–H groups in total. The van der Waals surface area contributed by atoms with Crippen LogP contribution in [0.5, 0.6) is 0 Å². The van der Waals surface area contributed by atoms with Gasteiger partial charge in [0.1, 0.15) is 69.4 Å². The summed E-state index contributed by atoms with van der Waals surface area (Å²) in [4.78, 5) is 0. The molecule has 0 fully saturated rings. The summed E-state index contributed by atoms with van der Waals surface area (Å²) in [6.45, 7) is 0.691. The third kappa shape index (κ3) is 5.06. The number of anilines is 1. The largest absolute Gasteiger partial charge is 0.456 e. The van der Waals surface area contributed by atoms with Crippen LogP contribution in [0.2, 0.25) is 0 Å². The van der Waals surface area contributed by atoms with Crippen LogP contribution in [0.15, 0.2) is 110 Å². The van der Waals surface area contributed by atoms with Crippen LogP contribution in [-0.2, 0) is 0 Å². The third-order valence-electron chi connectivity index (χ3n) is 10.1. The van der Waals surface area contributed by atoms with Crippen LogP contribution in [0.4, 0.5) is 5.69 Å². The molecule has 7 rings (SSSR count). The highest BCUT2D eigenvalue weighted by Crippen LogP contribution is 2.37. The topological polar surface area (TPSA) is 38.3 Å². The fourth-order valence-electron chi connectivity index (χ4n) is 7.16. The Hall–Kier alpha value is -5.01. The molecule has 7 aromatic rings. The summed E-state index contributed by atoms with van der Waals surface area (Å²) in [6, 6.07) is 29.3. The van der Waals surface area contributed by atoms with E-state index >= 15 is 0 Å². The lowest BCUT2D eigenvalue weighted by molar-refractivity contribution is 0.667. The first-order chi connectivity index (χ1) is 22.7. The Bertz CT molecular complexity index is 2490. The van der Waals surface area contributed by atoms with Crippen molar-refractivity contribution in [2.45, 2.75) is 0 Å². The third-order valence-corrected chi connectivity index (χ3v) is 10.1. The molecule has 3 nitrogen and oxygen atoms in total. The number of allylic oxidation sites excluding steroid dienone is 3. The lowest BCUT2D eigenvalue weighted by Crippen LogP contribution is -2.45. The summed E-state index contributed by atoms with van der Waals surface area (Å²) in [5.74, 6) is 2.92. The zero-order valence-electron chi connectivity index (χ0n) is 28.2. The highest BCUT2D eigenvalue weighted by atomic mass is 16.3. The van der Waals surface area contributed by atoms with Gasteiger partial charge in [0.15, 0.2) is 7.85 Å². The second-order valence-corrected chi connectivity index (χ2v) is 12.7. The quantitative estimate of drug-likeness (QED) is 0.163. The Morgan fingerprint density at radius 3 is 1.94 bits per heavy atom. The molecule has 0 spiro atoms. The Morgan fingerprint density at radius 2 is 1.26 bits per heavy atom. The van der Waals surface area contributed by atoms with E-state index in [1.165, 1.54) is 44.1 Å². The van der Waals surface area contributed by atoms with E-state index < -0.39 is 0 Å². The Labute approximate surface area is 282 Å². The van der Waals surface area contributed by atoms with Crippen LogP contribution in [0.3, 0.4) is 0 Å². The predicted octanol–water partition coefficient (Wildman–Crippen LogP) is -0.247. The molecule has 0 atom stereocenters. The average Bonchev–Trinajstić information content (AvgIpc) is 3.66. The summed E-state index contributed by atoms with van der Waals surface area (Å²) < 4.78 is 12.5. The molecule has 47 heavy (non-hydrogen) atoms. The first kappa shape index (κ1) is 30.6. The zero-order chi connectivity index (χ0) is 33.0. The normalized spacial score (nSPS) is 12.7. The molecule has 0 amide bonds. The molecule has 0 aliphatic rings. The molecular weight excluding hydrogens is 566 g/mol. The number of nitrogens with one attached hydrogen (secondary N) is 1. The van der Waals surface area contributed by atoms with Crippen molar-refractivity contribution in [2.24, 2.45) is 0 Å². The van der Waals surface area contributed by atoms with Gasteiger partial charge in [-0.2, -0.15) is 0 Å². The van der Waals surface area contributed by atoms with E-state index in [9.17, 15) is 0 Å². The Kier molecular flexibility index (Phi) is 7.81. The molecule has 0 saturated carbocycles. The molecule has 0 radical (unpaired) electrons. The van der Waals surface area contributed by atoms with E-state index in [0.29, 0.717) is 6.54 Å². The molecule has 0 aliphatic heterocycles. The highest BCUT2D eigenvalue weighted by Gasteiger charge is 2.19. The first-order valence-electron chi connectivity index (χ1n) is 16.2. The van der Waals surface area contributed by atoms with Gasteiger partial charge >= 0.3 is 0 Å². The molecule has 5 aromatic carbocycles. The zero-order valence-corrected chi connectivity index (χ0v) is 28.2. The van der Waals surface area contributed by atoms with Crippen molar-refractivity contribution in [2.75, 3.05) is 11.9 Å². The van der Waals surface area contributed by atoms with E-state index in [-0.39, 0.29) is 0 Å². The molecule has 10 heteroatoms. The highest BCUT2D eigenvalue weighted by molar-refractivity contribution is 6.62. The van der Waals surface area contributed by atoms with Crippen molar-refractivity contribution >= 4 is 132 Å². The summed E-state index contributed by atoms with van der Waals surface area (Å²) in [7, 11) is 15.3. The van der Waals surface area contributed by atoms with Crippen LogP contribution in [0, 0.1) is 12.3 Å². The van der Waals surface area contributed by atoms with Crippen LogP contribution < -0.4 is 27.2 Å². The minimum atomic E-state index is 0.691. The number of para-hydroxylation sites is 3. The molecule has 2 aromatic heterocycles. The predicted molar refractivity (Wildman–Crippen MR) is 222 cm³/mol. The number of rotatable bonds is 6. The fourth-order valence-corrected chi connectivity index (χ4v) is 7.16. The molecular formula is C37H32B7NO2. The van der Waals surface area contributed by atoms with Gasteiger partial charge < -0.3 is 14.2 Å². The monoisotopic (exact) mass is 599 g/mol. The summed E-state index contributed by atoms with van der Waals surface area (Å²) in [5, 5.41) is 8.33. The number of terminal acetylenes is 1. The first-order valence-corrected chi connectivity index (χ1v) is 16.2. The number of hydrogen-bond acceptors (Lipinski definition) is 3. The smallest absolute Gasteiger partial charge is 0.151 e. The fraction of sp³-hybridized carbons (Fsp3) is 0.0270. The van der Waals surface area contributed by atoms with Crippen LogP contribution >= 0.6 is 0 Å². The van der Waals surface area contributed by atoms with Gasteiger partial charge in [-0.05, 0) is 46.4 Å². The second kappa shape index (κ2) is 12.0. The van der Waals surface area contributed by atoms with Gasteiger partial charge in [0.25, 0.3) is 0 Å². The summed E-state index contributed by atoms with van der Waals surface area (Å²) >= 11 is 0. The van der Waals surface area contributed by atoms with Crippen molar-refractivity contribution in [1.82, 2.24) is 0 Å². The molecule has 0 aliphatic carbocycles.